The van der Waals surface area contributed by atoms with Gasteiger partial charge >= 0.3 is 0 Å². The molecule has 32 heavy (non-hydrogen) atoms. The highest BCUT2D eigenvalue weighted by Gasteiger charge is 2.20. The molecule has 0 bridgehead atoms. The number of carboxylic acid groups (broad SMARTS) is 1. The molecular weight excluding hydrogens is 476 g/mol. The monoisotopic (exact) mass is 495 g/mol. The average molecular weight is 496 g/mol. The average Bonchev–Trinajstić information content (AvgIpc) is 2.81. The second kappa shape index (κ2) is 11.1. The molecule has 0 heterocycles. The van der Waals surface area contributed by atoms with Crippen molar-refractivity contribution in [3.8, 4) is 5.75 Å². The van der Waals surface area contributed by atoms with E-state index in [2.05, 4.69) is 21.1 Å². The van der Waals surface area contributed by atoms with E-state index in [1.165, 1.54) is 17.2 Å². The number of para-hydroxylation sites is 1. The number of aromatic carboxylic acids is 1. The Kier molecular flexibility index (Phi) is 7.99. The second-order valence-electron chi connectivity index (χ2n) is 6.69. The van der Waals surface area contributed by atoms with Crippen LogP contribution in [0.2, 0.25) is 0 Å². The number of ether oxygens (including phenoxy) is 1. The quantitative estimate of drug-likeness (QED) is 0.335. The second-order valence-corrected chi connectivity index (χ2v) is 7.61. The standard InChI is InChI=1S/C24H21BrN2O5/c1-31-20-12-8-17(9-13-20)14-26-32-16-23(28)27(15-18-6-10-19(25)11-7-18)22-5-3-2-4-21(22)24(29)30/h2-14H,15-16H2,1H3,(H,29,30)/p-1/b26-14-. The Labute approximate surface area is 194 Å². The number of carbonyl (C=O) groups excluding carboxylic acids is 2. The summed E-state index contributed by atoms with van der Waals surface area (Å²) in [5.74, 6) is -1.10. The van der Waals surface area contributed by atoms with Crippen molar-refractivity contribution in [3.05, 3.63) is 94.0 Å². The first kappa shape index (κ1) is 23.0. The molecule has 1 amide bonds. The first-order valence-corrected chi connectivity index (χ1v) is 10.4. The van der Waals surface area contributed by atoms with Crippen molar-refractivity contribution in [1.82, 2.24) is 0 Å². The zero-order chi connectivity index (χ0) is 22.9. The van der Waals surface area contributed by atoms with Gasteiger partial charge in [0, 0.05) is 10.0 Å². The summed E-state index contributed by atoms with van der Waals surface area (Å²) in [4.78, 5) is 31.1. The van der Waals surface area contributed by atoms with Crippen LogP contribution in [-0.2, 0) is 16.2 Å². The van der Waals surface area contributed by atoms with Crippen molar-refractivity contribution in [2.24, 2.45) is 5.16 Å². The van der Waals surface area contributed by atoms with Crippen LogP contribution in [0.5, 0.6) is 5.75 Å². The smallest absolute Gasteiger partial charge is 0.268 e. The third-order valence-electron chi connectivity index (χ3n) is 4.55. The summed E-state index contributed by atoms with van der Waals surface area (Å²) in [7, 11) is 1.58. The van der Waals surface area contributed by atoms with Crippen LogP contribution >= 0.6 is 15.9 Å². The van der Waals surface area contributed by atoms with Crippen molar-refractivity contribution in [2.45, 2.75) is 6.54 Å². The number of hydrogen-bond donors (Lipinski definition) is 0. The summed E-state index contributed by atoms with van der Waals surface area (Å²) in [5, 5.41) is 15.4. The molecule has 3 aromatic carbocycles. The molecule has 0 aliphatic carbocycles. The number of hydrogen-bond acceptors (Lipinski definition) is 6. The molecule has 0 aromatic heterocycles. The van der Waals surface area contributed by atoms with Crippen molar-refractivity contribution >= 4 is 39.7 Å². The molecule has 0 unspecified atom stereocenters. The van der Waals surface area contributed by atoms with E-state index in [0.717, 1.165) is 15.6 Å². The lowest BCUT2D eigenvalue weighted by molar-refractivity contribution is -0.254. The molecule has 8 heteroatoms. The molecule has 0 aliphatic rings. The van der Waals surface area contributed by atoms with Crippen LogP contribution in [0.3, 0.4) is 0 Å². The predicted molar refractivity (Wildman–Crippen MR) is 123 cm³/mol. The number of halogens is 1. The van der Waals surface area contributed by atoms with Crippen LogP contribution in [0.1, 0.15) is 21.5 Å². The van der Waals surface area contributed by atoms with Gasteiger partial charge in [-0.3, -0.25) is 4.79 Å². The summed E-state index contributed by atoms with van der Waals surface area (Å²) in [6.45, 7) is -0.216. The van der Waals surface area contributed by atoms with Crippen LogP contribution in [-0.4, -0.2) is 31.8 Å². The zero-order valence-electron chi connectivity index (χ0n) is 17.2. The molecule has 164 valence electrons. The Morgan fingerprint density at radius 3 is 2.38 bits per heavy atom. The van der Waals surface area contributed by atoms with Crippen LogP contribution in [0.15, 0.2) is 82.4 Å². The summed E-state index contributed by atoms with van der Waals surface area (Å²) in [6.07, 6.45) is 1.47. The largest absolute Gasteiger partial charge is 0.545 e. The summed E-state index contributed by atoms with van der Waals surface area (Å²) >= 11 is 3.38. The molecule has 3 rings (SSSR count). The molecular formula is C24H20BrN2O5-. The molecule has 0 atom stereocenters. The van der Waals surface area contributed by atoms with Gasteiger partial charge in [-0.05, 0) is 53.6 Å². The Morgan fingerprint density at radius 2 is 1.72 bits per heavy atom. The van der Waals surface area contributed by atoms with Crippen LogP contribution < -0.4 is 14.7 Å². The van der Waals surface area contributed by atoms with Gasteiger partial charge in [-0.15, -0.1) is 0 Å². The van der Waals surface area contributed by atoms with Crippen LogP contribution in [0.25, 0.3) is 0 Å². The zero-order valence-corrected chi connectivity index (χ0v) is 18.8. The minimum Gasteiger partial charge on any atom is -0.545 e. The van der Waals surface area contributed by atoms with Gasteiger partial charge in [0.25, 0.3) is 5.91 Å². The minimum absolute atomic E-state index is 0.0836. The molecule has 0 N–H and O–H groups in total. The highest BCUT2D eigenvalue weighted by Crippen LogP contribution is 2.23. The van der Waals surface area contributed by atoms with Gasteiger partial charge in [-0.2, -0.15) is 0 Å². The number of carbonyl (C=O) groups is 2. The fourth-order valence-electron chi connectivity index (χ4n) is 2.92. The number of benzene rings is 3. The van der Waals surface area contributed by atoms with Crippen molar-refractivity contribution in [2.75, 3.05) is 18.6 Å². The van der Waals surface area contributed by atoms with Crippen molar-refractivity contribution in [1.29, 1.82) is 0 Å². The molecule has 0 fully saturated rings. The summed E-state index contributed by atoms with van der Waals surface area (Å²) in [5.41, 5.74) is 1.73. The SMILES string of the molecule is COc1ccc(/C=N\OCC(=O)N(Cc2ccc(Br)cc2)c2ccccc2C(=O)[O-])cc1. The first-order valence-electron chi connectivity index (χ1n) is 9.62. The Balaban J connectivity index is 1.76. The molecule has 0 saturated carbocycles. The Bertz CT molecular complexity index is 1100. The minimum atomic E-state index is -1.37. The van der Waals surface area contributed by atoms with Gasteiger partial charge in [-0.25, -0.2) is 0 Å². The lowest BCUT2D eigenvalue weighted by Crippen LogP contribution is -2.35. The molecule has 0 radical (unpaired) electrons. The fourth-order valence-corrected chi connectivity index (χ4v) is 3.18. The number of carboxylic acids is 1. The predicted octanol–water partition coefficient (Wildman–Crippen LogP) is 3.41. The molecule has 0 saturated heterocycles. The van der Waals surface area contributed by atoms with E-state index in [4.69, 9.17) is 9.57 Å². The third kappa shape index (κ3) is 6.18. The summed E-state index contributed by atoms with van der Waals surface area (Å²) in [6, 6.07) is 20.7. The van der Waals surface area contributed by atoms with Gasteiger partial charge in [0.1, 0.15) is 5.75 Å². The third-order valence-corrected chi connectivity index (χ3v) is 5.08. The molecule has 0 spiro atoms. The molecule has 0 aliphatic heterocycles. The van der Waals surface area contributed by atoms with Gasteiger partial charge < -0.3 is 24.4 Å². The van der Waals surface area contributed by atoms with E-state index >= 15 is 0 Å². The summed E-state index contributed by atoms with van der Waals surface area (Å²) < 4.78 is 6.00. The van der Waals surface area contributed by atoms with Crippen molar-refractivity contribution < 1.29 is 24.3 Å². The van der Waals surface area contributed by atoms with E-state index in [0.29, 0.717) is 5.75 Å². The van der Waals surface area contributed by atoms with E-state index in [-0.39, 0.29) is 24.4 Å². The highest BCUT2D eigenvalue weighted by molar-refractivity contribution is 9.10. The maximum Gasteiger partial charge on any atom is 0.268 e. The van der Waals surface area contributed by atoms with Crippen molar-refractivity contribution in [3.63, 3.8) is 0 Å². The number of anilines is 1. The fraction of sp³-hybridized carbons (Fsp3) is 0.125. The van der Waals surface area contributed by atoms with E-state index < -0.39 is 11.9 Å². The topological polar surface area (TPSA) is 91.3 Å². The first-order chi connectivity index (χ1) is 15.5. The van der Waals surface area contributed by atoms with Crippen LogP contribution in [0.4, 0.5) is 5.69 Å². The van der Waals surface area contributed by atoms with E-state index in [9.17, 15) is 14.7 Å². The molecule has 7 nitrogen and oxygen atoms in total. The van der Waals surface area contributed by atoms with Crippen LogP contribution in [0, 0.1) is 0 Å². The normalized spacial score (nSPS) is 10.7. The maximum atomic E-state index is 13.0. The van der Waals surface area contributed by atoms with Gasteiger partial charge in [0.2, 0.25) is 0 Å². The van der Waals surface area contributed by atoms with Gasteiger partial charge in [0.05, 0.1) is 31.5 Å². The number of amides is 1. The van der Waals surface area contributed by atoms with E-state index in [1.54, 1.807) is 49.6 Å². The highest BCUT2D eigenvalue weighted by atomic mass is 79.9. The Morgan fingerprint density at radius 1 is 1.03 bits per heavy atom. The number of rotatable bonds is 9. The lowest BCUT2D eigenvalue weighted by Gasteiger charge is -2.25. The van der Waals surface area contributed by atoms with Gasteiger partial charge in [-0.1, -0.05) is 51.4 Å². The number of methoxy groups -OCH3 is 1. The molecule has 3 aromatic rings. The lowest BCUT2D eigenvalue weighted by atomic mass is 10.1. The number of nitrogens with zero attached hydrogens (tertiary/aromatic N) is 2. The number of oxime groups is 1. The van der Waals surface area contributed by atoms with E-state index in [1.807, 2.05) is 24.3 Å². The van der Waals surface area contributed by atoms with Gasteiger partial charge in [0.15, 0.2) is 6.61 Å². The maximum absolute atomic E-state index is 13.0. The Hall–Kier alpha value is -3.65.